The van der Waals surface area contributed by atoms with Crippen LogP contribution >= 0.6 is 11.3 Å². The number of pyridine rings is 1. The van der Waals surface area contributed by atoms with Gasteiger partial charge in [0.15, 0.2) is 0 Å². The molecule has 0 saturated heterocycles. The quantitative estimate of drug-likeness (QED) is 0.563. The molecule has 0 radical (unpaired) electrons. The molecular formula is C17H11N3OS. The van der Waals surface area contributed by atoms with Gasteiger partial charge in [0.2, 0.25) is 0 Å². The standard InChI is InChI=1S/C17H11N3OS/c18-8-13-15(14-2-1-5-22-14)12-7-9-6-10(21)3-4-11(9)16(12)20-17(13)19/h1-6,21H,7H2,(H2,19,20). The fourth-order valence-corrected chi connectivity index (χ4v) is 3.79. The molecule has 22 heavy (non-hydrogen) atoms. The largest absolute Gasteiger partial charge is 0.508 e. The Morgan fingerprint density at radius 3 is 2.91 bits per heavy atom. The topological polar surface area (TPSA) is 82.9 Å². The third-order valence-corrected chi connectivity index (χ3v) is 4.80. The van der Waals surface area contributed by atoms with Crippen molar-refractivity contribution < 1.29 is 5.11 Å². The summed E-state index contributed by atoms with van der Waals surface area (Å²) in [5.74, 6) is 0.489. The van der Waals surface area contributed by atoms with Gasteiger partial charge in [0, 0.05) is 22.4 Å². The summed E-state index contributed by atoms with van der Waals surface area (Å²) in [7, 11) is 0. The highest BCUT2D eigenvalue weighted by Crippen LogP contribution is 2.45. The van der Waals surface area contributed by atoms with Crippen LogP contribution in [0.25, 0.3) is 21.7 Å². The summed E-state index contributed by atoms with van der Waals surface area (Å²) in [5.41, 5.74) is 11.1. The first-order chi connectivity index (χ1) is 10.7. The zero-order valence-electron chi connectivity index (χ0n) is 11.5. The predicted octanol–water partition coefficient (Wildman–Crippen LogP) is 3.54. The van der Waals surface area contributed by atoms with Gasteiger partial charge in [-0.05, 0) is 40.8 Å². The van der Waals surface area contributed by atoms with Crippen LogP contribution in [0.5, 0.6) is 5.75 Å². The minimum atomic E-state index is 0.234. The van der Waals surface area contributed by atoms with Crippen molar-refractivity contribution in [2.45, 2.75) is 6.42 Å². The van der Waals surface area contributed by atoms with E-state index in [-0.39, 0.29) is 11.6 Å². The summed E-state index contributed by atoms with van der Waals surface area (Å²) in [5, 5.41) is 21.2. The van der Waals surface area contributed by atoms with Crippen LogP contribution in [0.15, 0.2) is 35.7 Å². The molecule has 2 aromatic heterocycles. The molecule has 4 nitrogen and oxygen atoms in total. The maximum atomic E-state index is 9.69. The number of phenolic OH excluding ortho intramolecular Hbond substituents is 1. The molecule has 106 valence electrons. The second kappa shape index (κ2) is 4.58. The molecule has 2 heterocycles. The Hall–Kier alpha value is -2.84. The van der Waals surface area contributed by atoms with E-state index in [2.05, 4.69) is 11.1 Å². The smallest absolute Gasteiger partial charge is 0.142 e. The van der Waals surface area contributed by atoms with E-state index in [9.17, 15) is 10.4 Å². The van der Waals surface area contributed by atoms with Crippen LogP contribution in [-0.4, -0.2) is 10.1 Å². The van der Waals surface area contributed by atoms with Gasteiger partial charge in [-0.3, -0.25) is 0 Å². The van der Waals surface area contributed by atoms with Crippen LogP contribution in [0.2, 0.25) is 0 Å². The van der Waals surface area contributed by atoms with Crippen LogP contribution in [-0.2, 0) is 6.42 Å². The molecule has 0 amide bonds. The Morgan fingerprint density at radius 2 is 2.18 bits per heavy atom. The van der Waals surface area contributed by atoms with Gasteiger partial charge in [-0.1, -0.05) is 6.07 Å². The van der Waals surface area contributed by atoms with E-state index < -0.39 is 0 Å². The average molecular weight is 305 g/mol. The number of anilines is 1. The Kier molecular flexibility index (Phi) is 2.68. The molecule has 1 aliphatic carbocycles. The summed E-state index contributed by atoms with van der Waals surface area (Å²) in [6.45, 7) is 0. The summed E-state index contributed by atoms with van der Waals surface area (Å²) >= 11 is 1.58. The van der Waals surface area contributed by atoms with Crippen molar-refractivity contribution in [1.82, 2.24) is 4.98 Å². The van der Waals surface area contributed by atoms with E-state index in [0.717, 1.165) is 32.8 Å². The number of nitrogens with zero attached hydrogens (tertiary/aromatic N) is 2. The second-order valence-electron chi connectivity index (χ2n) is 5.18. The van der Waals surface area contributed by atoms with Gasteiger partial charge in [-0.15, -0.1) is 11.3 Å². The SMILES string of the molecule is N#Cc1c(N)nc2c(c1-c1cccs1)Cc1cc(O)ccc1-2. The normalized spacial score (nSPS) is 11.8. The summed E-state index contributed by atoms with van der Waals surface area (Å²) < 4.78 is 0. The van der Waals surface area contributed by atoms with E-state index in [4.69, 9.17) is 5.73 Å². The monoisotopic (exact) mass is 305 g/mol. The molecule has 0 bridgehead atoms. The molecule has 5 heteroatoms. The van der Waals surface area contributed by atoms with E-state index >= 15 is 0 Å². The second-order valence-corrected chi connectivity index (χ2v) is 6.13. The average Bonchev–Trinajstić information content (AvgIpc) is 3.13. The Morgan fingerprint density at radius 1 is 1.32 bits per heavy atom. The summed E-state index contributed by atoms with van der Waals surface area (Å²) in [4.78, 5) is 5.46. The predicted molar refractivity (Wildman–Crippen MR) is 86.6 cm³/mol. The zero-order valence-corrected chi connectivity index (χ0v) is 12.3. The summed E-state index contributed by atoms with van der Waals surface area (Å²) in [6, 6.07) is 11.4. The first kappa shape index (κ1) is 12.9. The van der Waals surface area contributed by atoms with Crippen molar-refractivity contribution in [3.05, 3.63) is 52.4 Å². The van der Waals surface area contributed by atoms with Crippen molar-refractivity contribution in [1.29, 1.82) is 5.26 Å². The molecule has 3 aromatic rings. The van der Waals surface area contributed by atoms with Crippen LogP contribution in [0.4, 0.5) is 5.82 Å². The number of nitrogens with two attached hydrogens (primary N) is 1. The number of hydrogen-bond acceptors (Lipinski definition) is 5. The lowest BCUT2D eigenvalue weighted by atomic mass is 9.99. The number of phenols is 1. The van der Waals surface area contributed by atoms with E-state index in [0.29, 0.717) is 12.0 Å². The zero-order chi connectivity index (χ0) is 15.3. The number of aromatic hydroxyl groups is 1. The van der Waals surface area contributed by atoms with Gasteiger partial charge >= 0.3 is 0 Å². The molecule has 3 N–H and O–H groups in total. The Balaban J connectivity index is 2.06. The van der Waals surface area contributed by atoms with E-state index in [1.807, 2.05) is 23.6 Å². The third kappa shape index (κ3) is 1.71. The van der Waals surface area contributed by atoms with Crippen molar-refractivity contribution >= 4 is 17.2 Å². The number of fused-ring (bicyclic) bond motifs is 3. The summed E-state index contributed by atoms with van der Waals surface area (Å²) in [6.07, 6.45) is 0.647. The minimum Gasteiger partial charge on any atom is -0.508 e. The fraction of sp³-hybridized carbons (Fsp3) is 0.0588. The third-order valence-electron chi connectivity index (χ3n) is 3.92. The van der Waals surface area contributed by atoms with Crippen LogP contribution < -0.4 is 5.73 Å². The molecule has 0 atom stereocenters. The molecule has 0 spiro atoms. The number of benzene rings is 1. The molecular weight excluding hydrogens is 294 g/mol. The highest BCUT2D eigenvalue weighted by atomic mass is 32.1. The molecule has 0 fully saturated rings. The van der Waals surface area contributed by atoms with Crippen molar-refractivity contribution in [2.75, 3.05) is 5.73 Å². The Labute approximate surface area is 131 Å². The van der Waals surface area contributed by atoms with Gasteiger partial charge in [0.1, 0.15) is 23.2 Å². The van der Waals surface area contributed by atoms with Crippen LogP contribution in [0.1, 0.15) is 16.7 Å². The minimum absolute atomic E-state index is 0.234. The molecule has 0 aliphatic heterocycles. The number of hydrogen-bond donors (Lipinski definition) is 2. The van der Waals surface area contributed by atoms with Crippen molar-refractivity contribution in [3.63, 3.8) is 0 Å². The maximum absolute atomic E-state index is 9.69. The first-order valence-corrected chi connectivity index (χ1v) is 7.65. The van der Waals surface area contributed by atoms with Gasteiger partial charge in [0.05, 0.1) is 5.69 Å². The molecule has 4 rings (SSSR count). The van der Waals surface area contributed by atoms with Crippen LogP contribution in [0.3, 0.4) is 0 Å². The highest BCUT2D eigenvalue weighted by molar-refractivity contribution is 7.13. The maximum Gasteiger partial charge on any atom is 0.142 e. The van der Waals surface area contributed by atoms with E-state index in [1.165, 1.54) is 0 Å². The van der Waals surface area contributed by atoms with Crippen LogP contribution in [0, 0.1) is 11.3 Å². The van der Waals surface area contributed by atoms with Crippen molar-refractivity contribution in [2.24, 2.45) is 0 Å². The van der Waals surface area contributed by atoms with Gasteiger partial charge < -0.3 is 10.8 Å². The number of rotatable bonds is 1. The lowest BCUT2D eigenvalue weighted by molar-refractivity contribution is 0.475. The lowest BCUT2D eigenvalue weighted by Crippen LogP contribution is -2.01. The number of thiophene rings is 1. The molecule has 0 unspecified atom stereocenters. The fourth-order valence-electron chi connectivity index (χ4n) is 2.99. The number of nitriles is 1. The lowest BCUT2D eigenvalue weighted by Gasteiger charge is -2.11. The number of nitrogen functional groups attached to an aromatic ring is 1. The van der Waals surface area contributed by atoms with Gasteiger partial charge in [-0.2, -0.15) is 5.26 Å². The Bertz CT molecular complexity index is 940. The van der Waals surface area contributed by atoms with E-state index in [1.54, 1.807) is 23.5 Å². The molecule has 1 aliphatic rings. The highest BCUT2D eigenvalue weighted by Gasteiger charge is 2.27. The number of aromatic nitrogens is 1. The van der Waals surface area contributed by atoms with Gasteiger partial charge in [-0.25, -0.2) is 4.98 Å². The van der Waals surface area contributed by atoms with Gasteiger partial charge in [0.25, 0.3) is 0 Å². The molecule has 1 aromatic carbocycles. The first-order valence-electron chi connectivity index (χ1n) is 6.77. The van der Waals surface area contributed by atoms with Crippen molar-refractivity contribution in [3.8, 4) is 33.5 Å². The molecule has 0 saturated carbocycles.